The van der Waals surface area contributed by atoms with Crippen molar-refractivity contribution in [1.29, 1.82) is 0 Å². The second kappa shape index (κ2) is 7.74. The van der Waals surface area contributed by atoms with E-state index < -0.39 is 5.97 Å². The van der Waals surface area contributed by atoms with E-state index in [0.29, 0.717) is 0 Å². The Morgan fingerprint density at radius 1 is 1.40 bits per heavy atom. The molecule has 0 spiro atoms. The molecule has 4 nitrogen and oxygen atoms in total. The van der Waals surface area contributed by atoms with Crippen molar-refractivity contribution in [2.24, 2.45) is 4.99 Å². The summed E-state index contributed by atoms with van der Waals surface area (Å²) in [5.74, 6) is -0.262. The average molecular weight is 271 g/mol. The Bertz CT molecular complexity index is 583. The van der Waals surface area contributed by atoms with Crippen molar-refractivity contribution >= 4 is 17.8 Å². The Labute approximate surface area is 118 Å². The van der Waals surface area contributed by atoms with E-state index in [4.69, 9.17) is 9.84 Å². The molecule has 0 heterocycles. The summed E-state index contributed by atoms with van der Waals surface area (Å²) < 4.78 is 5.31. The standard InChI is InChI=1S/C16H17NO3/c1-12-6-7-14(15(11-12)20-3)13(2)5-4-9-17-10-8-16(18)19/h4-11H,2H2,1,3H3,(H,18,19)/b5-4-,10-8+,17-9+. The lowest BCUT2D eigenvalue weighted by molar-refractivity contribution is -0.131. The first kappa shape index (κ1) is 15.4. The number of rotatable bonds is 6. The van der Waals surface area contributed by atoms with Gasteiger partial charge in [0.1, 0.15) is 5.75 Å². The highest BCUT2D eigenvalue weighted by Gasteiger charge is 2.04. The number of hydrogen-bond acceptors (Lipinski definition) is 3. The van der Waals surface area contributed by atoms with Crippen LogP contribution in [0, 0.1) is 6.92 Å². The van der Waals surface area contributed by atoms with E-state index in [1.165, 1.54) is 12.4 Å². The van der Waals surface area contributed by atoms with E-state index >= 15 is 0 Å². The first-order valence-electron chi connectivity index (χ1n) is 5.98. The van der Waals surface area contributed by atoms with Crippen LogP contribution in [-0.4, -0.2) is 24.4 Å². The zero-order chi connectivity index (χ0) is 15.0. The zero-order valence-electron chi connectivity index (χ0n) is 11.5. The number of aryl methyl sites for hydroxylation is 1. The van der Waals surface area contributed by atoms with Crippen LogP contribution in [0.4, 0.5) is 0 Å². The van der Waals surface area contributed by atoms with E-state index in [1.807, 2.05) is 25.1 Å². The monoisotopic (exact) mass is 271 g/mol. The summed E-state index contributed by atoms with van der Waals surface area (Å²) in [6.45, 7) is 5.96. The van der Waals surface area contributed by atoms with Crippen LogP contribution in [-0.2, 0) is 4.79 Å². The lowest BCUT2D eigenvalue weighted by atomic mass is 10.0. The summed E-state index contributed by atoms with van der Waals surface area (Å²) in [5.41, 5.74) is 2.81. The van der Waals surface area contributed by atoms with Gasteiger partial charge >= 0.3 is 5.97 Å². The minimum Gasteiger partial charge on any atom is -0.496 e. The predicted octanol–water partition coefficient (Wildman–Crippen LogP) is 3.24. The molecule has 1 rings (SSSR count). The van der Waals surface area contributed by atoms with E-state index in [2.05, 4.69) is 11.6 Å². The molecule has 0 fully saturated rings. The molecule has 0 radical (unpaired) electrons. The molecule has 0 aromatic heterocycles. The molecule has 104 valence electrons. The summed E-state index contributed by atoms with van der Waals surface area (Å²) in [7, 11) is 1.62. The van der Waals surface area contributed by atoms with Crippen LogP contribution in [0.15, 0.2) is 54.2 Å². The van der Waals surface area contributed by atoms with Crippen molar-refractivity contribution in [3.63, 3.8) is 0 Å². The Hall–Kier alpha value is -2.62. The third kappa shape index (κ3) is 4.94. The van der Waals surface area contributed by atoms with Crippen molar-refractivity contribution in [3.8, 4) is 5.75 Å². The molecule has 0 amide bonds. The van der Waals surface area contributed by atoms with Crippen molar-refractivity contribution in [2.45, 2.75) is 6.92 Å². The van der Waals surface area contributed by atoms with Gasteiger partial charge in [-0.25, -0.2) is 4.79 Å². The van der Waals surface area contributed by atoms with Crippen LogP contribution in [0.2, 0.25) is 0 Å². The van der Waals surface area contributed by atoms with Gasteiger partial charge in [0, 0.05) is 24.1 Å². The normalized spacial score (nSPS) is 11.5. The SMILES string of the molecule is C=C(\C=C/C=N/C=C/C(=O)O)c1ccc(C)cc1OC. The smallest absolute Gasteiger partial charge is 0.329 e. The Morgan fingerprint density at radius 3 is 2.80 bits per heavy atom. The molecule has 0 saturated carbocycles. The van der Waals surface area contributed by atoms with Crippen LogP contribution < -0.4 is 4.74 Å². The van der Waals surface area contributed by atoms with Crippen molar-refractivity contribution in [1.82, 2.24) is 0 Å². The molecule has 0 aliphatic heterocycles. The second-order valence-corrected chi connectivity index (χ2v) is 4.04. The first-order valence-corrected chi connectivity index (χ1v) is 5.98. The Balaban J connectivity index is 2.74. The molecule has 0 atom stereocenters. The third-order valence-electron chi connectivity index (χ3n) is 2.48. The highest BCUT2D eigenvalue weighted by molar-refractivity contribution is 5.83. The lowest BCUT2D eigenvalue weighted by Gasteiger charge is -2.09. The van der Waals surface area contributed by atoms with Gasteiger partial charge in [0.2, 0.25) is 0 Å². The van der Waals surface area contributed by atoms with Crippen LogP contribution >= 0.6 is 0 Å². The van der Waals surface area contributed by atoms with Gasteiger partial charge in [-0.1, -0.05) is 24.8 Å². The Morgan fingerprint density at radius 2 is 2.15 bits per heavy atom. The number of aliphatic imine (C=N–C) groups is 1. The number of carbonyl (C=O) groups is 1. The van der Waals surface area contributed by atoms with Gasteiger partial charge in [-0.15, -0.1) is 0 Å². The molecule has 1 aromatic carbocycles. The number of carboxylic acid groups (broad SMARTS) is 1. The molecule has 20 heavy (non-hydrogen) atoms. The zero-order valence-corrected chi connectivity index (χ0v) is 11.5. The maximum absolute atomic E-state index is 10.2. The van der Waals surface area contributed by atoms with Crippen LogP contribution in [0.3, 0.4) is 0 Å². The first-order chi connectivity index (χ1) is 9.54. The summed E-state index contributed by atoms with van der Waals surface area (Å²) >= 11 is 0. The molecule has 0 unspecified atom stereocenters. The number of methoxy groups -OCH3 is 1. The topological polar surface area (TPSA) is 58.9 Å². The molecule has 0 saturated heterocycles. The molecular formula is C16H17NO3. The van der Waals surface area contributed by atoms with E-state index in [9.17, 15) is 4.79 Å². The van der Waals surface area contributed by atoms with Crippen LogP contribution in [0.5, 0.6) is 5.75 Å². The predicted molar refractivity (Wildman–Crippen MR) is 81.2 cm³/mol. The average Bonchev–Trinajstić information content (AvgIpc) is 2.41. The minimum atomic E-state index is -1.03. The number of nitrogens with zero attached hydrogens (tertiary/aromatic N) is 1. The van der Waals surface area contributed by atoms with E-state index in [1.54, 1.807) is 19.3 Å². The summed E-state index contributed by atoms with van der Waals surface area (Å²) in [5, 5.41) is 8.38. The van der Waals surface area contributed by atoms with E-state index in [-0.39, 0.29) is 0 Å². The van der Waals surface area contributed by atoms with Crippen LogP contribution in [0.25, 0.3) is 5.57 Å². The number of aliphatic carboxylic acids is 1. The molecular weight excluding hydrogens is 254 g/mol. The molecule has 4 heteroatoms. The lowest BCUT2D eigenvalue weighted by Crippen LogP contribution is -1.90. The van der Waals surface area contributed by atoms with E-state index in [0.717, 1.165) is 28.5 Å². The van der Waals surface area contributed by atoms with Gasteiger partial charge in [0.25, 0.3) is 0 Å². The maximum atomic E-state index is 10.2. The molecule has 0 aliphatic carbocycles. The van der Waals surface area contributed by atoms with Crippen molar-refractivity contribution < 1.29 is 14.6 Å². The van der Waals surface area contributed by atoms with Crippen molar-refractivity contribution in [3.05, 3.63) is 60.3 Å². The molecule has 1 N–H and O–H groups in total. The fourth-order valence-electron chi connectivity index (χ4n) is 1.52. The second-order valence-electron chi connectivity index (χ2n) is 4.04. The highest BCUT2D eigenvalue weighted by atomic mass is 16.5. The van der Waals surface area contributed by atoms with Crippen LogP contribution in [0.1, 0.15) is 11.1 Å². The molecule has 1 aromatic rings. The quantitative estimate of drug-likeness (QED) is 0.491. The van der Waals surface area contributed by atoms with Crippen molar-refractivity contribution in [2.75, 3.05) is 7.11 Å². The number of ether oxygens (including phenoxy) is 1. The highest BCUT2D eigenvalue weighted by Crippen LogP contribution is 2.26. The third-order valence-corrected chi connectivity index (χ3v) is 2.48. The van der Waals surface area contributed by atoms with Gasteiger partial charge in [0.15, 0.2) is 0 Å². The Kier molecular flexibility index (Phi) is 5.97. The minimum absolute atomic E-state index is 0.766. The molecule has 0 bridgehead atoms. The number of allylic oxidation sites excluding steroid dienone is 3. The molecule has 0 aliphatic rings. The summed E-state index contributed by atoms with van der Waals surface area (Å²) in [6, 6.07) is 5.88. The summed E-state index contributed by atoms with van der Waals surface area (Å²) in [6.07, 6.45) is 7.13. The number of hydrogen-bond donors (Lipinski definition) is 1. The van der Waals surface area contributed by atoms with Gasteiger partial charge in [-0.05, 0) is 30.2 Å². The fraction of sp³-hybridized carbons (Fsp3) is 0.125. The summed E-state index contributed by atoms with van der Waals surface area (Å²) in [4.78, 5) is 14.0. The maximum Gasteiger partial charge on any atom is 0.329 e. The number of benzene rings is 1. The van der Waals surface area contributed by atoms with Gasteiger partial charge < -0.3 is 9.84 Å². The largest absolute Gasteiger partial charge is 0.496 e. The number of carboxylic acids is 1. The van der Waals surface area contributed by atoms with Gasteiger partial charge in [-0.2, -0.15) is 0 Å². The van der Waals surface area contributed by atoms with Gasteiger partial charge in [-0.3, -0.25) is 4.99 Å². The fourth-order valence-corrected chi connectivity index (χ4v) is 1.52. The van der Waals surface area contributed by atoms with Gasteiger partial charge in [0.05, 0.1) is 7.11 Å².